The van der Waals surface area contributed by atoms with Gasteiger partial charge in [-0.3, -0.25) is 0 Å². The lowest BCUT2D eigenvalue weighted by Crippen LogP contribution is -1.92. The van der Waals surface area contributed by atoms with Crippen molar-refractivity contribution in [3.05, 3.63) is 146 Å². The maximum absolute atomic E-state index is 3.18. The molecule has 0 N–H and O–H groups in total. The summed E-state index contributed by atoms with van der Waals surface area (Å²) in [5.41, 5.74) is 5.10. The molecule has 8 rings (SSSR count). The summed E-state index contributed by atoms with van der Waals surface area (Å²) in [6.45, 7) is 0. The first-order valence-electron chi connectivity index (χ1n) is 13.0. The van der Waals surface area contributed by atoms with Crippen LogP contribution in [0.3, 0.4) is 0 Å². The summed E-state index contributed by atoms with van der Waals surface area (Å²) in [4.78, 5) is 0. The molecule has 0 heteroatoms. The van der Waals surface area contributed by atoms with Crippen LogP contribution in [0, 0.1) is 12.1 Å². The van der Waals surface area contributed by atoms with Gasteiger partial charge in [0.05, 0.1) is 0 Å². The summed E-state index contributed by atoms with van der Waals surface area (Å²) in [5.74, 6) is 0. The molecule has 0 aromatic heterocycles. The van der Waals surface area contributed by atoms with Crippen molar-refractivity contribution in [2.24, 2.45) is 0 Å². The van der Waals surface area contributed by atoms with Gasteiger partial charge in [0.15, 0.2) is 0 Å². The normalized spacial score (nSPS) is 11.5. The first-order valence-corrected chi connectivity index (χ1v) is 13.0. The van der Waals surface area contributed by atoms with Crippen LogP contribution in [0.15, 0.2) is 133 Å². The maximum Gasteiger partial charge on any atom is -0.000900 e. The predicted octanol–water partition coefficient (Wildman–Crippen LogP) is 10.4. The maximum atomic E-state index is 3.18. The van der Waals surface area contributed by atoms with Crippen LogP contribution >= 0.6 is 0 Å². The predicted molar refractivity (Wildman–Crippen MR) is 163 cm³/mol. The molecule has 8 aromatic rings. The van der Waals surface area contributed by atoms with Crippen molar-refractivity contribution < 1.29 is 0 Å². The molecular weight excluding hydrogens is 456 g/mol. The Morgan fingerprint density at radius 3 is 1.58 bits per heavy atom. The number of benzene rings is 7. The molecule has 38 heavy (non-hydrogen) atoms. The lowest BCUT2D eigenvalue weighted by atomic mass is 9.83. The zero-order chi connectivity index (χ0) is 25.1. The number of fused-ring (bicyclic) bond motifs is 7. The van der Waals surface area contributed by atoms with E-state index in [0.717, 1.165) is 0 Å². The average Bonchev–Trinajstić information content (AvgIpc) is 2.99. The highest BCUT2D eigenvalue weighted by molar-refractivity contribution is 6.28. The van der Waals surface area contributed by atoms with Crippen molar-refractivity contribution in [1.82, 2.24) is 0 Å². The minimum Gasteiger partial charge on any atom is -0.0696 e. The van der Waals surface area contributed by atoms with Crippen LogP contribution in [0.25, 0.3) is 76.1 Å². The molecule has 0 spiro atoms. The standard InChI is InChI=1S/C38H22/c1-2-13-26(14-3-1)36-31-18-8-10-20-33(31)38(34-21-11-9-19-32(34)36)35-24-27-23-22-25-12-4-5-15-28(25)37(27)30-17-7-6-16-29(30)35/h1-3,6-24H. The molecule has 0 radical (unpaired) electrons. The Bertz CT molecular complexity index is 2110. The van der Waals surface area contributed by atoms with Gasteiger partial charge in [-0.2, -0.15) is 0 Å². The smallest absolute Gasteiger partial charge is 0.000900 e. The van der Waals surface area contributed by atoms with Crippen LogP contribution in [-0.4, -0.2) is 0 Å². The van der Waals surface area contributed by atoms with Crippen molar-refractivity contribution in [2.75, 3.05) is 0 Å². The van der Waals surface area contributed by atoms with Crippen LogP contribution in [0.2, 0.25) is 0 Å². The second-order valence-electron chi connectivity index (χ2n) is 9.92. The van der Waals surface area contributed by atoms with E-state index in [4.69, 9.17) is 0 Å². The Morgan fingerprint density at radius 2 is 0.895 bits per heavy atom. The van der Waals surface area contributed by atoms with Crippen LogP contribution in [-0.2, 0) is 0 Å². The first-order chi connectivity index (χ1) is 18.9. The van der Waals surface area contributed by atoms with Crippen molar-refractivity contribution in [1.29, 1.82) is 0 Å². The third-order valence-electron chi connectivity index (χ3n) is 7.89. The molecule has 0 amide bonds. The molecule has 0 fully saturated rings. The van der Waals surface area contributed by atoms with E-state index in [1.807, 2.05) is 6.07 Å². The van der Waals surface area contributed by atoms with Gasteiger partial charge in [-0.15, -0.1) is 0 Å². The van der Waals surface area contributed by atoms with E-state index in [0.29, 0.717) is 0 Å². The lowest BCUT2D eigenvalue weighted by molar-refractivity contribution is 1.67. The van der Waals surface area contributed by atoms with Crippen molar-refractivity contribution >= 4 is 53.9 Å². The first kappa shape index (κ1) is 21.0. The molecule has 0 saturated carbocycles. The largest absolute Gasteiger partial charge is 0.0696 e. The Labute approximate surface area is 221 Å². The van der Waals surface area contributed by atoms with Gasteiger partial charge in [-0.05, 0) is 94.3 Å². The Kier molecular flexibility index (Phi) is 4.54. The lowest BCUT2D eigenvalue weighted by Gasteiger charge is -2.20. The molecule has 0 aliphatic carbocycles. The molecule has 174 valence electrons. The van der Waals surface area contributed by atoms with Gasteiger partial charge in [0, 0.05) is 0 Å². The van der Waals surface area contributed by atoms with Gasteiger partial charge in [0.25, 0.3) is 0 Å². The molecule has 0 atom stereocenters. The fourth-order valence-corrected chi connectivity index (χ4v) is 6.30. The molecule has 0 saturated heterocycles. The molecule has 0 unspecified atom stereocenters. The summed E-state index contributed by atoms with van der Waals surface area (Å²) in [6.07, 6.45) is 0. The summed E-state index contributed by atoms with van der Waals surface area (Å²) in [7, 11) is 0. The highest BCUT2D eigenvalue weighted by Crippen LogP contribution is 2.46. The van der Waals surface area contributed by atoms with Crippen molar-refractivity contribution in [3.8, 4) is 22.3 Å². The highest BCUT2D eigenvalue weighted by Gasteiger charge is 2.19. The van der Waals surface area contributed by atoms with E-state index >= 15 is 0 Å². The third kappa shape index (κ3) is 3.00. The highest BCUT2D eigenvalue weighted by atomic mass is 14.2. The van der Waals surface area contributed by atoms with Gasteiger partial charge in [0.2, 0.25) is 0 Å². The minimum atomic E-state index is 1.19. The molecule has 0 heterocycles. The summed E-state index contributed by atoms with van der Waals surface area (Å²) in [6, 6.07) is 54.7. The van der Waals surface area contributed by atoms with E-state index in [-0.39, 0.29) is 0 Å². The van der Waals surface area contributed by atoms with E-state index in [1.54, 1.807) is 0 Å². The zero-order valence-corrected chi connectivity index (χ0v) is 20.7. The van der Waals surface area contributed by atoms with Crippen LogP contribution < -0.4 is 0 Å². The number of hydrogen-bond acceptors (Lipinski definition) is 0. The van der Waals surface area contributed by atoms with Crippen LogP contribution in [0.5, 0.6) is 0 Å². The third-order valence-corrected chi connectivity index (χ3v) is 7.89. The molecule has 0 aliphatic heterocycles. The summed E-state index contributed by atoms with van der Waals surface area (Å²) in [5, 5.41) is 12.6. The number of hydrogen-bond donors (Lipinski definition) is 0. The fourth-order valence-electron chi connectivity index (χ4n) is 6.30. The van der Waals surface area contributed by atoms with Crippen LogP contribution in [0.4, 0.5) is 0 Å². The molecule has 8 aromatic carbocycles. The van der Waals surface area contributed by atoms with Gasteiger partial charge in [-0.1, -0.05) is 127 Å². The second kappa shape index (κ2) is 8.20. The molecular formula is C38H22. The molecule has 0 aliphatic rings. The SMILES string of the molecule is c1cc2ccc3cc(-c4c5ccccc5c(-c5ccccc5)c5ccccc45)c4ccccc4c3c2cc#1. The van der Waals surface area contributed by atoms with Gasteiger partial charge < -0.3 is 0 Å². The minimum absolute atomic E-state index is 1.19. The fraction of sp³-hybridized carbons (Fsp3) is 0. The van der Waals surface area contributed by atoms with Crippen molar-refractivity contribution in [3.63, 3.8) is 0 Å². The van der Waals surface area contributed by atoms with Crippen molar-refractivity contribution in [2.45, 2.75) is 0 Å². The molecule has 0 nitrogen and oxygen atoms in total. The quantitative estimate of drug-likeness (QED) is 0.171. The van der Waals surface area contributed by atoms with Gasteiger partial charge in [0.1, 0.15) is 0 Å². The van der Waals surface area contributed by atoms with Gasteiger partial charge >= 0.3 is 0 Å². The Hall–Kier alpha value is -5.12. The van der Waals surface area contributed by atoms with E-state index < -0.39 is 0 Å². The Morgan fingerprint density at radius 1 is 0.368 bits per heavy atom. The molecule has 0 bridgehead atoms. The zero-order valence-electron chi connectivity index (χ0n) is 20.7. The summed E-state index contributed by atoms with van der Waals surface area (Å²) < 4.78 is 0. The monoisotopic (exact) mass is 478 g/mol. The summed E-state index contributed by atoms with van der Waals surface area (Å²) >= 11 is 0. The van der Waals surface area contributed by atoms with E-state index in [1.165, 1.54) is 76.1 Å². The van der Waals surface area contributed by atoms with Crippen LogP contribution in [0.1, 0.15) is 0 Å². The second-order valence-corrected chi connectivity index (χ2v) is 9.92. The van der Waals surface area contributed by atoms with E-state index in [9.17, 15) is 0 Å². The van der Waals surface area contributed by atoms with E-state index in [2.05, 4.69) is 140 Å². The average molecular weight is 479 g/mol. The topological polar surface area (TPSA) is 0 Å². The Balaban J connectivity index is 1.59. The van der Waals surface area contributed by atoms with Gasteiger partial charge in [-0.25, -0.2) is 0 Å². The number of rotatable bonds is 2.